The highest BCUT2D eigenvalue weighted by molar-refractivity contribution is 9.10. The maximum Gasteiger partial charge on any atom is 0.258 e. The van der Waals surface area contributed by atoms with Gasteiger partial charge in [-0.3, -0.25) is 4.79 Å². The highest BCUT2D eigenvalue weighted by atomic mass is 79.9. The Labute approximate surface area is 179 Å². The molecule has 0 spiro atoms. The molecular weight excluding hydrogens is 460 g/mol. The number of rotatable bonds is 7. The van der Waals surface area contributed by atoms with Gasteiger partial charge >= 0.3 is 0 Å². The number of halogens is 1. The number of morpholine rings is 1. The maximum absolute atomic E-state index is 12.6. The van der Waals surface area contributed by atoms with Gasteiger partial charge in [0.1, 0.15) is 5.75 Å². The standard InChI is InChI=1S/C20H23BrN2O5S/c1-15(16-3-2-4-17(21)13-16)22-20(24)14-28-18-5-7-19(8-6-18)29(25,26)23-9-11-27-12-10-23/h2-8,13,15H,9-12,14H2,1H3,(H,22,24)/t15-/m1/s1. The summed E-state index contributed by atoms with van der Waals surface area (Å²) in [5.74, 6) is 0.165. The molecule has 0 unspecified atom stereocenters. The molecule has 9 heteroatoms. The number of hydrogen-bond acceptors (Lipinski definition) is 5. The van der Waals surface area contributed by atoms with E-state index in [0.717, 1.165) is 10.0 Å². The molecule has 3 rings (SSSR count). The van der Waals surface area contributed by atoms with Crippen molar-refractivity contribution in [3.8, 4) is 5.75 Å². The zero-order chi connectivity index (χ0) is 20.9. The van der Waals surface area contributed by atoms with Gasteiger partial charge in [0.25, 0.3) is 5.91 Å². The van der Waals surface area contributed by atoms with Gasteiger partial charge in [0.05, 0.1) is 24.2 Å². The Balaban J connectivity index is 1.54. The summed E-state index contributed by atoms with van der Waals surface area (Å²) in [5, 5.41) is 2.87. The highest BCUT2D eigenvalue weighted by Crippen LogP contribution is 2.21. The topological polar surface area (TPSA) is 84.9 Å². The molecule has 0 bridgehead atoms. The van der Waals surface area contributed by atoms with Crippen molar-refractivity contribution in [3.05, 3.63) is 58.6 Å². The lowest BCUT2D eigenvalue weighted by Crippen LogP contribution is -2.40. The first-order valence-electron chi connectivity index (χ1n) is 9.22. The summed E-state index contributed by atoms with van der Waals surface area (Å²) in [5.41, 5.74) is 0.977. The van der Waals surface area contributed by atoms with Gasteiger partial charge in [-0.2, -0.15) is 4.31 Å². The van der Waals surface area contributed by atoms with Crippen molar-refractivity contribution in [2.45, 2.75) is 17.9 Å². The Morgan fingerprint density at radius 2 is 1.90 bits per heavy atom. The van der Waals surface area contributed by atoms with Crippen molar-refractivity contribution in [1.82, 2.24) is 9.62 Å². The van der Waals surface area contributed by atoms with E-state index < -0.39 is 10.0 Å². The third-order valence-electron chi connectivity index (χ3n) is 4.53. The molecule has 0 radical (unpaired) electrons. The third-order valence-corrected chi connectivity index (χ3v) is 6.93. The van der Waals surface area contributed by atoms with E-state index >= 15 is 0 Å². The van der Waals surface area contributed by atoms with E-state index in [2.05, 4.69) is 21.2 Å². The number of carbonyl (C=O) groups is 1. The number of nitrogens with one attached hydrogen (secondary N) is 1. The van der Waals surface area contributed by atoms with Crippen LogP contribution in [0.15, 0.2) is 57.9 Å². The van der Waals surface area contributed by atoms with Crippen molar-refractivity contribution < 1.29 is 22.7 Å². The fraction of sp³-hybridized carbons (Fsp3) is 0.350. The molecule has 1 N–H and O–H groups in total. The smallest absolute Gasteiger partial charge is 0.258 e. The molecule has 1 amide bonds. The fourth-order valence-corrected chi connectivity index (χ4v) is 4.76. The molecule has 2 aromatic carbocycles. The van der Waals surface area contributed by atoms with E-state index in [0.29, 0.717) is 32.1 Å². The van der Waals surface area contributed by atoms with Gasteiger partial charge in [0, 0.05) is 17.6 Å². The van der Waals surface area contributed by atoms with E-state index in [9.17, 15) is 13.2 Å². The summed E-state index contributed by atoms with van der Waals surface area (Å²) in [6, 6.07) is 13.6. The fourth-order valence-electron chi connectivity index (χ4n) is 2.94. The van der Waals surface area contributed by atoms with Crippen molar-refractivity contribution in [2.75, 3.05) is 32.9 Å². The van der Waals surface area contributed by atoms with Crippen LogP contribution in [0.4, 0.5) is 0 Å². The molecule has 7 nitrogen and oxygen atoms in total. The van der Waals surface area contributed by atoms with Crippen molar-refractivity contribution in [1.29, 1.82) is 0 Å². The van der Waals surface area contributed by atoms with Crippen LogP contribution in [0.25, 0.3) is 0 Å². The van der Waals surface area contributed by atoms with Gasteiger partial charge in [-0.1, -0.05) is 28.1 Å². The van der Waals surface area contributed by atoms with Crippen LogP contribution in [-0.4, -0.2) is 51.5 Å². The van der Waals surface area contributed by atoms with E-state index in [1.165, 1.54) is 16.4 Å². The second-order valence-electron chi connectivity index (χ2n) is 6.62. The quantitative estimate of drug-likeness (QED) is 0.655. The van der Waals surface area contributed by atoms with Crippen molar-refractivity contribution in [2.24, 2.45) is 0 Å². The molecule has 1 heterocycles. The first kappa shape index (κ1) is 21.8. The van der Waals surface area contributed by atoms with E-state index in [4.69, 9.17) is 9.47 Å². The van der Waals surface area contributed by atoms with Crippen LogP contribution in [-0.2, 0) is 19.6 Å². The minimum atomic E-state index is -3.55. The number of benzene rings is 2. The number of sulfonamides is 1. The van der Waals surface area contributed by atoms with E-state index in [-0.39, 0.29) is 23.5 Å². The zero-order valence-electron chi connectivity index (χ0n) is 16.0. The Bertz CT molecular complexity index is 944. The molecule has 1 aliphatic rings. The summed E-state index contributed by atoms with van der Waals surface area (Å²) >= 11 is 3.41. The predicted octanol–water partition coefficient (Wildman–Crippen LogP) is 2.73. The van der Waals surface area contributed by atoms with Gasteiger partial charge < -0.3 is 14.8 Å². The second-order valence-corrected chi connectivity index (χ2v) is 9.47. The normalized spacial score (nSPS) is 16.2. The number of ether oxygens (including phenoxy) is 2. The van der Waals surface area contributed by atoms with Gasteiger partial charge in [-0.05, 0) is 48.9 Å². The first-order valence-corrected chi connectivity index (χ1v) is 11.4. The molecule has 0 saturated carbocycles. The lowest BCUT2D eigenvalue weighted by molar-refractivity contribution is -0.123. The highest BCUT2D eigenvalue weighted by Gasteiger charge is 2.26. The monoisotopic (exact) mass is 482 g/mol. The van der Waals surface area contributed by atoms with Crippen LogP contribution in [0.2, 0.25) is 0 Å². The lowest BCUT2D eigenvalue weighted by Gasteiger charge is -2.26. The van der Waals surface area contributed by atoms with E-state index in [1.54, 1.807) is 12.1 Å². The van der Waals surface area contributed by atoms with Crippen LogP contribution >= 0.6 is 15.9 Å². The van der Waals surface area contributed by atoms with Crippen LogP contribution in [0, 0.1) is 0 Å². The Hall–Kier alpha value is -1.94. The summed E-state index contributed by atoms with van der Waals surface area (Å²) in [6.45, 7) is 3.22. The van der Waals surface area contributed by atoms with Gasteiger partial charge in [-0.25, -0.2) is 8.42 Å². The molecule has 29 heavy (non-hydrogen) atoms. The summed E-state index contributed by atoms with van der Waals surface area (Å²) < 4.78 is 38.3. The molecule has 1 saturated heterocycles. The van der Waals surface area contributed by atoms with Crippen LogP contribution in [0.1, 0.15) is 18.5 Å². The molecule has 156 valence electrons. The molecule has 1 fully saturated rings. The number of amides is 1. The Morgan fingerprint density at radius 3 is 2.55 bits per heavy atom. The zero-order valence-corrected chi connectivity index (χ0v) is 18.4. The Kier molecular flexibility index (Phi) is 7.28. The van der Waals surface area contributed by atoms with Gasteiger partial charge in [0.15, 0.2) is 6.61 Å². The van der Waals surface area contributed by atoms with Gasteiger partial charge in [0.2, 0.25) is 10.0 Å². The van der Waals surface area contributed by atoms with Crippen molar-refractivity contribution in [3.63, 3.8) is 0 Å². The van der Waals surface area contributed by atoms with Crippen LogP contribution in [0.3, 0.4) is 0 Å². The predicted molar refractivity (Wildman–Crippen MR) is 112 cm³/mol. The van der Waals surface area contributed by atoms with Crippen LogP contribution in [0.5, 0.6) is 5.75 Å². The molecule has 2 aromatic rings. The van der Waals surface area contributed by atoms with Gasteiger partial charge in [-0.15, -0.1) is 0 Å². The molecule has 0 aromatic heterocycles. The molecule has 0 aliphatic carbocycles. The largest absolute Gasteiger partial charge is 0.484 e. The first-order chi connectivity index (χ1) is 13.9. The number of carbonyl (C=O) groups excluding carboxylic acids is 1. The minimum Gasteiger partial charge on any atom is -0.484 e. The maximum atomic E-state index is 12.6. The van der Waals surface area contributed by atoms with Crippen LogP contribution < -0.4 is 10.1 Å². The summed E-state index contributed by atoms with van der Waals surface area (Å²) in [6.07, 6.45) is 0. The SMILES string of the molecule is C[C@@H](NC(=O)COc1ccc(S(=O)(=O)N2CCOCC2)cc1)c1cccc(Br)c1. The second kappa shape index (κ2) is 9.71. The average molecular weight is 483 g/mol. The van der Waals surface area contributed by atoms with Crippen molar-refractivity contribution >= 4 is 31.9 Å². The summed E-state index contributed by atoms with van der Waals surface area (Å²) in [4.78, 5) is 12.3. The molecule has 1 aliphatic heterocycles. The minimum absolute atomic E-state index is 0.159. The number of nitrogens with zero attached hydrogens (tertiary/aromatic N) is 1. The Morgan fingerprint density at radius 1 is 1.21 bits per heavy atom. The third kappa shape index (κ3) is 5.79. The van der Waals surface area contributed by atoms with E-state index in [1.807, 2.05) is 31.2 Å². The number of hydrogen-bond donors (Lipinski definition) is 1. The lowest BCUT2D eigenvalue weighted by atomic mass is 10.1. The summed E-state index contributed by atoms with van der Waals surface area (Å²) in [7, 11) is -3.55. The molecular formula is C20H23BrN2O5S. The molecule has 1 atom stereocenters. The average Bonchev–Trinajstić information content (AvgIpc) is 2.73.